The first-order valence-electron chi connectivity index (χ1n) is 8.71. The van der Waals surface area contributed by atoms with Crippen molar-refractivity contribution in [1.29, 1.82) is 0 Å². The Morgan fingerprint density at radius 1 is 0.903 bits per heavy atom. The van der Waals surface area contributed by atoms with Crippen molar-refractivity contribution in [2.45, 2.75) is 0 Å². The molecule has 2 amide bonds. The molecule has 31 heavy (non-hydrogen) atoms. The fourth-order valence-corrected chi connectivity index (χ4v) is 2.50. The molecule has 0 aliphatic heterocycles. The van der Waals surface area contributed by atoms with E-state index in [0.717, 1.165) is 18.2 Å². The minimum Gasteiger partial charge on any atom is -0.401 e. The molecule has 0 aliphatic rings. The Morgan fingerprint density at radius 3 is 2.29 bits per heavy atom. The van der Waals surface area contributed by atoms with E-state index in [1.807, 2.05) is 0 Å². The van der Waals surface area contributed by atoms with Crippen LogP contribution in [0.2, 0.25) is 0 Å². The Kier molecular flexibility index (Phi) is 6.16. The zero-order valence-electron chi connectivity index (χ0n) is 15.7. The molecule has 3 aromatic rings. The van der Waals surface area contributed by atoms with Gasteiger partial charge in [0.2, 0.25) is 0 Å². The van der Waals surface area contributed by atoms with Crippen molar-refractivity contribution in [3.63, 3.8) is 0 Å². The Hall–Kier alpha value is -4.80. The first-order valence-corrected chi connectivity index (χ1v) is 8.71. The Balaban J connectivity index is 1.90. The molecule has 11 heteroatoms. The summed E-state index contributed by atoms with van der Waals surface area (Å²) in [5.41, 5.74) is -0.144. The lowest BCUT2D eigenvalue weighted by molar-refractivity contribution is -0.402. The highest BCUT2D eigenvalue weighted by Crippen LogP contribution is 2.20. The number of nitro groups is 2. The first-order chi connectivity index (χ1) is 14.8. The van der Waals surface area contributed by atoms with Crippen molar-refractivity contribution in [3.05, 3.63) is 104 Å². The molecule has 0 fully saturated rings. The number of amides is 2. The monoisotopic (exact) mass is 422 g/mol. The quantitative estimate of drug-likeness (QED) is 0.335. The van der Waals surface area contributed by atoms with E-state index in [0.29, 0.717) is 0 Å². The van der Waals surface area contributed by atoms with Gasteiger partial charge >= 0.3 is 5.88 Å². The van der Waals surface area contributed by atoms with Crippen LogP contribution in [0, 0.1) is 20.2 Å². The van der Waals surface area contributed by atoms with Gasteiger partial charge in [-0.25, -0.2) is 0 Å². The summed E-state index contributed by atoms with van der Waals surface area (Å²) in [6.45, 7) is 0. The minimum atomic E-state index is -0.816. The molecule has 0 aliphatic carbocycles. The molecule has 156 valence electrons. The van der Waals surface area contributed by atoms with Gasteiger partial charge in [0, 0.05) is 29.5 Å². The Labute approximate surface area is 174 Å². The largest absolute Gasteiger partial charge is 0.433 e. The fourth-order valence-electron chi connectivity index (χ4n) is 2.50. The number of benzene rings is 2. The maximum atomic E-state index is 12.8. The van der Waals surface area contributed by atoms with Crippen molar-refractivity contribution in [1.82, 2.24) is 5.32 Å². The Bertz CT molecular complexity index is 1190. The molecule has 0 saturated carbocycles. The van der Waals surface area contributed by atoms with Gasteiger partial charge in [0.05, 0.1) is 11.0 Å². The molecule has 2 aromatic carbocycles. The number of nitro benzene ring substituents is 1. The van der Waals surface area contributed by atoms with Crippen LogP contribution in [0.3, 0.4) is 0 Å². The maximum absolute atomic E-state index is 12.8. The molecule has 2 N–H and O–H groups in total. The van der Waals surface area contributed by atoms with Crippen molar-refractivity contribution in [3.8, 4) is 0 Å². The number of nitrogens with zero attached hydrogens (tertiary/aromatic N) is 2. The highest BCUT2D eigenvalue weighted by atomic mass is 16.6. The third-order valence-corrected chi connectivity index (χ3v) is 3.92. The summed E-state index contributed by atoms with van der Waals surface area (Å²) in [6.07, 6.45) is 1.11. The second-order valence-corrected chi connectivity index (χ2v) is 6.07. The second kappa shape index (κ2) is 9.13. The van der Waals surface area contributed by atoms with Crippen LogP contribution < -0.4 is 10.6 Å². The standard InChI is InChI=1S/C20H14N4O7/c25-19(13-5-2-1-3-6-13)22-17(12-16-9-10-18(31-16)24(29)30)20(26)21-14-7-4-8-15(11-14)23(27)28/h1-12H,(H,21,26)(H,22,25)/b17-12+. The molecule has 1 aromatic heterocycles. The first kappa shape index (κ1) is 20.9. The summed E-state index contributed by atoms with van der Waals surface area (Å²) in [5.74, 6) is -2.02. The van der Waals surface area contributed by atoms with Crippen LogP contribution in [0.25, 0.3) is 6.08 Å². The van der Waals surface area contributed by atoms with Crippen LogP contribution in [0.1, 0.15) is 16.1 Å². The van der Waals surface area contributed by atoms with Crippen molar-refractivity contribution >= 4 is 35.1 Å². The Morgan fingerprint density at radius 2 is 1.65 bits per heavy atom. The number of non-ortho nitro benzene ring substituents is 1. The third-order valence-electron chi connectivity index (χ3n) is 3.92. The van der Waals surface area contributed by atoms with Gasteiger partial charge in [-0.15, -0.1) is 0 Å². The zero-order valence-corrected chi connectivity index (χ0v) is 15.7. The van der Waals surface area contributed by atoms with Gasteiger partial charge < -0.3 is 15.1 Å². The van der Waals surface area contributed by atoms with Crippen molar-refractivity contribution in [2.24, 2.45) is 0 Å². The van der Waals surface area contributed by atoms with E-state index in [-0.39, 0.29) is 28.4 Å². The number of nitrogens with one attached hydrogen (secondary N) is 2. The molecule has 0 unspecified atom stereocenters. The van der Waals surface area contributed by atoms with E-state index in [1.54, 1.807) is 18.2 Å². The van der Waals surface area contributed by atoms with E-state index in [4.69, 9.17) is 4.42 Å². The number of anilines is 1. The van der Waals surface area contributed by atoms with Crippen molar-refractivity contribution in [2.75, 3.05) is 5.32 Å². The number of rotatable bonds is 7. The van der Waals surface area contributed by atoms with Crippen LogP contribution in [0.4, 0.5) is 17.3 Å². The molecule has 0 atom stereocenters. The molecule has 0 bridgehead atoms. The summed E-state index contributed by atoms with van der Waals surface area (Å²) in [6, 6.07) is 15.6. The van der Waals surface area contributed by atoms with Crippen LogP contribution in [0.5, 0.6) is 0 Å². The average molecular weight is 422 g/mol. The van der Waals surface area contributed by atoms with E-state index in [1.165, 1.54) is 36.4 Å². The SMILES string of the molecule is O=C(Nc1cccc([N+](=O)[O-])c1)/C(=C\c1ccc([N+](=O)[O-])o1)NC(=O)c1ccccc1. The molecule has 3 rings (SSSR count). The third kappa shape index (κ3) is 5.38. The highest BCUT2D eigenvalue weighted by Gasteiger charge is 2.18. The summed E-state index contributed by atoms with van der Waals surface area (Å²) in [5, 5.41) is 26.6. The van der Waals surface area contributed by atoms with Crippen molar-refractivity contribution < 1.29 is 23.9 Å². The van der Waals surface area contributed by atoms with E-state index in [2.05, 4.69) is 10.6 Å². The predicted molar refractivity (Wildman–Crippen MR) is 109 cm³/mol. The van der Waals surface area contributed by atoms with Gasteiger partial charge in [0.25, 0.3) is 17.5 Å². The number of hydrogen-bond donors (Lipinski definition) is 2. The van der Waals surface area contributed by atoms with Crippen LogP contribution in [-0.4, -0.2) is 21.7 Å². The molecule has 11 nitrogen and oxygen atoms in total. The lowest BCUT2D eigenvalue weighted by Crippen LogP contribution is -2.30. The topological polar surface area (TPSA) is 158 Å². The molecule has 0 radical (unpaired) electrons. The predicted octanol–water partition coefficient (Wildman–Crippen LogP) is 3.51. The number of hydrogen-bond acceptors (Lipinski definition) is 7. The van der Waals surface area contributed by atoms with E-state index >= 15 is 0 Å². The molecule has 0 spiro atoms. The normalized spacial score (nSPS) is 10.9. The van der Waals surface area contributed by atoms with Gasteiger partial charge in [-0.3, -0.25) is 29.8 Å². The van der Waals surface area contributed by atoms with Gasteiger partial charge in [0.15, 0.2) is 0 Å². The smallest absolute Gasteiger partial charge is 0.401 e. The van der Waals surface area contributed by atoms with Gasteiger partial charge in [-0.05, 0) is 24.3 Å². The summed E-state index contributed by atoms with van der Waals surface area (Å²) >= 11 is 0. The number of carbonyl (C=O) groups is 2. The van der Waals surface area contributed by atoms with Gasteiger partial charge in [0.1, 0.15) is 16.4 Å². The molecule has 0 saturated heterocycles. The average Bonchev–Trinajstić information content (AvgIpc) is 3.23. The minimum absolute atomic E-state index is 0.0516. The molecular weight excluding hydrogens is 408 g/mol. The number of furan rings is 1. The summed E-state index contributed by atoms with van der Waals surface area (Å²) < 4.78 is 5.02. The summed E-state index contributed by atoms with van der Waals surface area (Å²) in [4.78, 5) is 45.6. The zero-order chi connectivity index (χ0) is 22.4. The van der Waals surface area contributed by atoms with Crippen LogP contribution in [-0.2, 0) is 4.79 Å². The molecular formula is C20H14N4O7. The van der Waals surface area contributed by atoms with E-state index in [9.17, 15) is 29.8 Å². The van der Waals surface area contributed by atoms with Crippen LogP contribution in [0.15, 0.2) is 76.8 Å². The molecule has 1 heterocycles. The van der Waals surface area contributed by atoms with Crippen LogP contribution >= 0.6 is 0 Å². The fraction of sp³-hybridized carbons (Fsp3) is 0. The summed E-state index contributed by atoms with van der Waals surface area (Å²) in [7, 11) is 0. The highest BCUT2D eigenvalue weighted by molar-refractivity contribution is 6.10. The van der Waals surface area contributed by atoms with Gasteiger partial charge in [-0.2, -0.15) is 0 Å². The maximum Gasteiger partial charge on any atom is 0.433 e. The lowest BCUT2D eigenvalue weighted by atomic mass is 10.2. The number of carbonyl (C=O) groups excluding carboxylic acids is 2. The second-order valence-electron chi connectivity index (χ2n) is 6.07. The van der Waals surface area contributed by atoms with E-state index < -0.39 is 27.5 Å². The lowest BCUT2D eigenvalue weighted by Gasteiger charge is -2.10. The van der Waals surface area contributed by atoms with Gasteiger partial charge in [-0.1, -0.05) is 24.3 Å².